The fourth-order valence-electron chi connectivity index (χ4n) is 1.38. The average Bonchev–Trinajstić information content (AvgIpc) is 2.29. The lowest BCUT2D eigenvalue weighted by Crippen LogP contribution is -2.29. The molecule has 0 heterocycles. The molecule has 4 heteroatoms. The topological polar surface area (TPSA) is 60.8 Å². The Morgan fingerprint density at radius 1 is 1.07 bits per heavy atom. The van der Waals surface area contributed by atoms with Crippen molar-refractivity contribution < 1.29 is 15.0 Å². The van der Waals surface area contributed by atoms with Gasteiger partial charge in [-0.3, -0.25) is 4.79 Å². The van der Waals surface area contributed by atoms with Crippen LogP contribution in [-0.2, 0) is 0 Å². The van der Waals surface area contributed by atoms with E-state index in [9.17, 15) is 4.79 Å². The van der Waals surface area contributed by atoms with Crippen LogP contribution < -0.4 is 4.90 Å². The van der Waals surface area contributed by atoms with E-state index in [0.717, 1.165) is 12.0 Å². The number of nitrogens with zero attached hydrogens (tertiary/aromatic N) is 1. The van der Waals surface area contributed by atoms with Gasteiger partial charge < -0.3 is 15.1 Å². The first-order chi connectivity index (χ1) is 7.31. The summed E-state index contributed by atoms with van der Waals surface area (Å²) >= 11 is 0. The van der Waals surface area contributed by atoms with E-state index in [1.807, 2.05) is 4.90 Å². The van der Waals surface area contributed by atoms with Gasteiger partial charge in [0.05, 0.1) is 13.2 Å². The summed E-state index contributed by atoms with van der Waals surface area (Å²) in [5.74, 6) is 0. The fourth-order valence-corrected chi connectivity index (χ4v) is 1.38. The quantitative estimate of drug-likeness (QED) is 0.661. The van der Waals surface area contributed by atoms with Crippen LogP contribution in [0.3, 0.4) is 0 Å². The molecule has 0 saturated heterocycles. The lowest BCUT2D eigenvalue weighted by Gasteiger charge is -2.22. The monoisotopic (exact) mass is 209 g/mol. The molecule has 2 N–H and O–H groups in total. The Kier molecular flexibility index (Phi) is 4.80. The molecular formula is C11H15NO3. The van der Waals surface area contributed by atoms with Crippen molar-refractivity contribution in [2.75, 3.05) is 31.2 Å². The van der Waals surface area contributed by atoms with Crippen LogP contribution in [0.25, 0.3) is 0 Å². The highest BCUT2D eigenvalue weighted by molar-refractivity contribution is 5.75. The third-order valence-electron chi connectivity index (χ3n) is 2.13. The number of carbonyl (C=O) groups excluding carboxylic acids is 1. The van der Waals surface area contributed by atoms with Crippen LogP contribution in [0.4, 0.5) is 5.69 Å². The summed E-state index contributed by atoms with van der Waals surface area (Å²) in [6.45, 7) is 1.02. The minimum Gasteiger partial charge on any atom is -0.395 e. The van der Waals surface area contributed by atoms with Gasteiger partial charge in [0, 0.05) is 24.3 Å². The Morgan fingerprint density at radius 2 is 1.60 bits per heavy atom. The van der Waals surface area contributed by atoms with Crippen molar-refractivity contribution in [1.82, 2.24) is 0 Å². The summed E-state index contributed by atoms with van der Waals surface area (Å²) in [5, 5.41) is 17.7. The van der Waals surface area contributed by atoms with E-state index in [1.165, 1.54) is 0 Å². The molecule has 0 aliphatic carbocycles. The minimum absolute atomic E-state index is 0.0371. The number of carbonyl (C=O) groups is 1. The summed E-state index contributed by atoms with van der Waals surface area (Å²) in [6.07, 6.45) is 0.784. The van der Waals surface area contributed by atoms with E-state index >= 15 is 0 Å². The molecule has 0 unspecified atom stereocenters. The molecule has 0 aliphatic rings. The van der Waals surface area contributed by atoms with E-state index in [4.69, 9.17) is 10.2 Å². The van der Waals surface area contributed by atoms with E-state index in [2.05, 4.69) is 0 Å². The van der Waals surface area contributed by atoms with Crippen molar-refractivity contribution in [2.45, 2.75) is 0 Å². The van der Waals surface area contributed by atoms with Gasteiger partial charge in [-0.1, -0.05) is 0 Å². The number of aldehydes is 1. The molecular weight excluding hydrogens is 194 g/mol. The third-order valence-corrected chi connectivity index (χ3v) is 2.13. The van der Waals surface area contributed by atoms with Crippen molar-refractivity contribution in [2.24, 2.45) is 0 Å². The van der Waals surface area contributed by atoms with Crippen LogP contribution in [-0.4, -0.2) is 42.8 Å². The van der Waals surface area contributed by atoms with Crippen LogP contribution in [0.5, 0.6) is 0 Å². The van der Waals surface area contributed by atoms with Gasteiger partial charge in [0.1, 0.15) is 6.29 Å². The van der Waals surface area contributed by atoms with Gasteiger partial charge in [-0.05, 0) is 24.3 Å². The summed E-state index contributed by atoms with van der Waals surface area (Å²) in [5.41, 5.74) is 1.51. The Hall–Kier alpha value is -1.39. The fraction of sp³-hybridized carbons (Fsp3) is 0.364. The maximum atomic E-state index is 10.4. The van der Waals surface area contributed by atoms with E-state index in [0.29, 0.717) is 18.7 Å². The Morgan fingerprint density at radius 3 is 2.00 bits per heavy atom. The molecule has 0 atom stereocenters. The molecule has 1 aromatic rings. The maximum absolute atomic E-state index is 10.4. The molecule has 0 aromatic heterocycles. The zero-order valence-electron chi connectivity index (χ0n) is 8.47. The molecule has 15 heavy (non-hydrogen) atoms. The second kappa shape index (κ2) is 6.16. The summed E-state index contributed by atoms with van der Waals surface area (Å²) in [6, 6.07) is 7.03. The van der Waals surface area contributed by atoms with E-state index < -0.39 is 0 Å². The highest BCUT2D eigenvalue weighted by Gasteiger charge is 2.04. The molecule has 4 nitrogen and oxygen atoms in total. The minimum atomic E-state index is 0.0371. The smallest absolute Gasteiger partial charge is 0.150 e. The predicted molar refractivity (Wildman–Crippen MR) is 58.2 cm³/mol. The highest BCUT2D eigenvalue weighted by Crippen LogP contribution is 2.13. The molecule has 0 fully saturated rings. The van der Waals surface area contributed by atoms with Gasteiger partial charge in [0.2, 0.25) is 0 Å². The van der Waals surface area contributed by atoms with E-state index in [1.54, 1.807) is 24.3 Å². The molecule has 0 spiro atoms. The van der Waals surface area contributed by atoms with Gasteiger partial charge in [-0.2, -0.15) is 0 Å². The lowest BCUT2D eigenvalue weighted by atomic mass is 10.2. The molecule has 1 aromatic carbocycles. The average molecular weight is 209 g/mol. The number of aliphatic hydroxyl groups excluding tert-OH is 2. The first kappa shape index (κ1) is 11.7. The highest BCUT2D eigenvalue weighted by atomic mass is 16.3. The molecule has 0 radical (unpaired) electrons. The Bertz CT molecular complexity index is 291. The standard InChI is InChI=1S/C11H15NO3/c13-7-5-12(6-8-14)11-3-1-10(9-15)2-4-11/h1-4,9,13-14H,5-8H2. The summed E-state index contributed by atoms with van der Waals surface area (Å²) < 4.78 is 0. The van der Waals surface area contributed by atoms with Gasteiger partial charge >= 0.3 is 0 Å². The largest absolute Gasteiger partial charge is 0.395 e. The molecule has 0 saturated carbocycles. The third kappa shape index (κ3) is 3.34. The number of benzene rings is 1. The van der Waals surface area contributed by atoms with Crippen LogP contribution in [0, 0.1) is 0 Å². The van der Waals surface area contributed by atoms with Gasteiger partial charge in [0.15, 0.2) is 0 Å². The molecule has 0 aliphatic heterocycles. The zero-order chi connectivity index (χ0) is 11.1. The predicted octanol–water partition coefficient (Wildman–Crippen LogP) is 0.290. The van der Waals surface area contributed by atoms with E-state index in [-0.39, 0.29) is 13.2 Å². The second-order valence-corrected chi connectivity index (χ2v) is 3.14. The van der Waals surface area contributed by atoms with Gasteiger partial charge in [-0.15, -0.1) is 0 Å². The molecule has 82 valence electrons. The maximum Gasteiger partial charge on any atom is 0.150 e. The first-order valence-corrected chi connectivity index (χ1v) is 4.83. The Labute approximate surface area is 88.8 Å². The van der Waals surface area contributed by atoms with Gasteiger partial charge in [-0.25, -0.2) is 0 Å². The van der Waals surface area contributed by atoms with Crippen LogP contribution in [0.15, 0.2) is 24.3 Å². The zero-order valence-corrected chi connectivity index (χ0v) is 8.47. The normalized spacial score (nSPS) is 10.0. The molecule has 0 amide bonds. The van der Waals surface area contributed by atoms with Crippen LogP contribution >= 0.6 is 0 Å². The number of rotatable bonds is 6. The van der Waals surface area contributed by atoms with Crippen molar-refractivity contribution in [1.29, 1.82) is 0 Å². The van der Waals surface area contributed by atoms with Crippen molar-refractivity contribution in [3.05, 3.63) is 29.8 Å². The SMILES string of the molecule is O=Cc1ccc(N(CCO)CCO)cc1. The number of aliphatic hydroxyl groups is 2. The summed E-state index contributed by atoms with van der Waals surface area (Å²) in [4.78, 5) is 12.3. The first-order valence-electron chi connectivity index (χ1n) is 4.83. The van der Waals surface area contributed by atoms with Crippen molar-refractivity contribution in [3.63, 3.8) is 0 Å². The number of hydrogen-bond acceptors (Lipinski definition) is 4. The molecule has 0 bridgehead atoms. The van der Waals surface area contributed by atoms with Crippen molar-refractivity contribution in [3.8, 4) is 0 Å². The van der Waals surface area contributed by atoms with Crippen molar-refractivity contribution >= 4 is 12.0 Å². The second-order valence-electron chi connectivity index (χ2n) is 3.14. The number of anilines is 1. The number of hydrogen-bond donors (Lipinski definition) is 2. The summed E-state index contributed by atoms with van der Waals surface area (Å²) in [7, 11) is 0. The Balaban J connectivity index is 2.76. The van der Waals surface area contributed by atoms with Crippen LogP contribution in [0.1, 0.15) is 10.4 Å². The van der Waals surface area contributed by atoms with Crippen LogP contribution in [0.2, 0.25) is 0 Å². The lowest BCUT2D eigenvalue weighted by molar-refractivity contribution is 0.112. The molecule has 1 rings (SSSR count). The van der Waals surface area contributed by atoms with Gasteiger partial charge in [0.25, 0.3) is 0 Å².